The lowest BCUT2D eigenvalue weighted by Crippen LogP contribution is -2.30. The molecular formula is C14H27NOP2. The summed E-state index contributed by atoms with van der Waals surface area (Å²) in [7, 11) is 3.18. The van der Waals surface area contributed by atoms with Crippen LogP contribution < -0.4 is 0 Å². The van der Waals surface area contributed by atoms with Gasteiger partial charge in [-0.2, -0.15) is 0 Å². The van der Waals surface area contributed by atoms with E-state index in [0.717, 1.165) is 12.8 Å². The van der Waals surface area contributed by atoms with Crippen molar-refractivity contribution in [3.8, 4) is 0 Å². The van der Waals surface area contributed by atoms with E-state index in [-0.39, 0.29) is 16.7 Å². The summed E-state index contributed by atoms with van der Waals surface area (Å²) in [5.41, 5.74) is 2.86. The van der Waals surface area contributed by atoms with Gasteiger partial charge in [0.2, 0.25) is 5.91 Å². The second-order valence-electron chi connectivity index (χ2n) is 7.04. The van der Waals surface area contributed by atoms with Crippen molar-refractivity contribution in [1.29, 1.82) is 0 Å². The lowest BCUT2D eigenvalue weighted by molar-refractivity contribution is -0.125. The van der Waals surface area contributed by atoms with Gasteiger partial charge in [-0.1, -0.05) is 50.5 Å². The summed E-state index contributed by atoms with van der Waals surface area (Å²) in [4.78, 5) is 12.3. The molecule has 0 aromatic rings. The average Bonchev–Trinajstić information content (AvgIpc) is 2.34. The third kappa shape index (κ3) is 3.55. The lowest BCUT2D eigenvalue weighted by atomic mass is 9.77. The molecule has 18 heavy (non-hydrogen) atoms. The molecule has 0 aliphatic carbocycles. The highest BCUT2D eigenvalue weighted by molar-refractivity contribution is 8.01. The van der Waals surface area contributed by atoms with E-state index >= 15 is 0 Å². The molecule has 0 spiro atoms. The fourth-order valence-corrected chi connectivity index (χ4v) is 4.24. The molecule has 2 nitrogen and oxygen atoms in total. The predicted molar refractivity (Wildman–Crippen MR) is 84.7 cm³/mol. The number of nitrogens with zero attached hydrogens (tertiary/aromatic N) is 1. The van der Waals surface area contributed by atoms with Crippen LogP contribution in [0, 0.1) is 10.8 Å². The Balaban J connectivity index is 3.44. The third-order valence-corrected chi connectivity index (χ3v) is 4.83. The minimum absolute atomic E-state index is 0.0200. The maximum Gasteiger partial charge on any atom is 0.230 e. The highest BCUT2D eigenvalue weighted by Gasteiger charge is 2.35. The van der Waals surface area contributed by atoms with Gasteiger partial charge in [0.05, 0.1) is 0 Å². The standard InChI is InChI=1S/C14H27NOP2/c1-13(2,3)10-8-7-9-11(16)15(18-17)12(10)14(4,5)6/h18H,7-9,17H2,1-6H3. The van der Waals surface area contributed by atoms with Gasteiger partial charge in [0.1, 0.15) is 0 Å². The van der Waals surface area contributed by atoms with E-state index in [4.69, 9.17) is 0 Å². The maximum absolute atomic E-state index is 12.3. The highest BCUT2D eigenvalue weighted by atomic mass is 32.0. The van der Waals surface area contributed by atoms with Crippen molar-refractivity contribution in [2.75, 3.05) is 0 Å². The molecule has 1 aliphatic rings. The zero-order valence-corrected chi connectivity index (χ0v) is 14.7. The molecule has 0 bridgehead atoms. The first kappa shape index (κ1) is 16.1. The van der Waals surface area contributed by atoms with Crippen LogP contribution in [-0.2, 0) is 4.79 Å². The predicted octanol–water partition coefficient (Wildman–Crippen LogP) is 4.73. The van der Waals surface area contributed by atoms with Crippen LogP contribution in [0.3, 0.4) is 0 Å². The van der Waals surface area contributed by atoms with Crippen molar-refractivity contribution in [1.82, 2.24) is 4.67 Å². The Labute approximate surface area is 116 Å². The minimum atomic E-state index is 0.0200. The number of rotatable bonds is 1. The average molecular weight is 287 g/mol. The Morgan fingerprint density at radius 3 is 2.00 bits per heavy atom. The van der Waals surface area contributed by atoms with Gasteiger partial charge in [-0.3, -0.25) is 9.46 Å². The first-order valence-electron chi connectivity index (χ1n) is 6.62. The Morgan fingerprint density at radius 2 is 1.61 bits per heavy atom. The van der Waals surface area contributed by atoms with E-state index in [2.05, 4.69) is 50.5 Å². The molecule has 1 aliphatic heterocycles. The molecule has 0 radical (unpaired) electrons. The largest absolute Gasteiger partial charge is 0.293 e. The zero-order chi connectivity index (χ0) is 14.1. The second kappa shape index (κ2) is 5.59. The molecule has 2 atom stereocenters. The molecule has 1 amide bonds. The Bertz CT molecular complexity index is 361. The topological polar surface area (TPSA) is 20.3 Å². The first-order chi connectivity index (χ1) is 8.09. The van der Waals surface area contributed by atoms with Crippen molar-refractivity contribution >= 4 is 23.3 Å². The summed E-state index contributed by atoms with van der Waals surface area (Å²) in [5.74, 6) is 0.285. The molecule has 0 aromatic carbocycles. The van der Waals surface area contributed by atoms with Crippen LogP contribution in [0.5, 0.6) is 0 Å². The van der Waals surface area contributed by atoms with Gasteiger partial charge in [0, 0.05) is 26.0 Å². The van der Waals surface area contributed by atoms with Gasteiger partial charge in [-0.15, -0.1) is 0 Å². The molecular weight excluding hydrogens is 260 g/mol. The van der Waals surface area contributed by atoms with Crippen molar-refractivity contribution < 1.29 is 4.79 Å². The number of carbonyl (C=O) groups is 1. The van der Waals surface area contributed by atoms with E-state index in [1.807, 2.05) is 4.67 Å². The first-order valence-corrected chi connectivity index (χ1v) is 9.38. The normalized spacial score (nSPS) is 19.9. The number of hydrogen-bond acceptors (Lipinski definition) is 1. The quantitative estimate of drug-likeness (QED) is 0.638. The molecule has 2 unspecified atom stereocenters. The van der Waals surface area contributed by atoms with Crippen LogP contribution in [0.4, 0.5) is 0 Å². The van der Waals surface area contributed by atoms with Gasteiger partial charge in [0.15, 0.2) is 0 Å². The van der Waals surface area contributed by atoms with E-state index < -0.39 is 0 Å². The summed E-state index contributed by atoms with van der Waals surface area (Å²) in [6, 6.07) is 0. The monoisotopic (exact) mass is 287 g/mol. The van der Waals surface area contributed by atoms with Gasteiger partial charge in [-0.05, 0) is 23.8 Å². The summed E-state index contributed by atoms with van der Waals surface area (Å²) >= 11 is 0. The summed E-state index contributed by atoms with van der Waals surface area (Å²) in [6.07, 6.45) is 2.71. The number of allylic oxidation sites excluding steroid dienone is 2. The van der Waals surface area contributed by atoms with Crippen LogP contribution in [0.2, 0.25) is 0 Å². The SMILES string of the molecule is CC(C)(C)C1=C(C(C)(C)C)N(PP)C(=O)CCC1. The van der Waals surface area contributed by atoms with E-state index in [9.17, 15) is 4.79 Å². The fourth-order valence-electron chi connectivity index (χ4n) is 2.56. The van der Waals surface area contributed by atoms with Crippen molar-refractivity contribution in [2.45, 2.75) is 60.8 Å². The summed E-state index contributed by atoms with van der Waals surface area (Å²) < 4.78 is 2.01. The van der Waals surface area contributed by atoms with Gasteiger partial charge >= 0.3 is 0 Å². The Hall–Kier alpha value is 0.0700. The zero-order valence-electron chi connectivity index (χ0n) is 12.6. The molecule has 1 rings (SSSR count). The number of amides is 1. The van der Waals surface area contributed by atoms with Crippen LogP contribution in [0.1, 0.15) is 60.8 Å². The van der Waals surface area contributed by atoms with Crippen molar-refractivity contribution in [3.63, 3.8) is 0 Å². The highest BCUT2D eigenvalue weighted by Crippen LogP contribution is 2.47. The fraction of sp³-hybridized carbons (Fsp3) is 0.786. The molecule has 1 heterocycles. The Morgan fingerprint density at radius 1 is 1.06 bits per heavy atom. The number of carbonyl (C=O) groups excluding carboxylic acids is 1. The molecule has 0 fully saturated rings. The molecule has 0 aromatic heterocycles. The van der Waals surface area contributed by atoms with Crippen LogP contribution in [0.25, 0.3) is 0 Å². The van der Waals surface area contributed by atoms with E-state index in [0.29, 0.717) is 14.8 Å². The van der Waals surface area contributed by atoms with Crippen LogP contribution in [-0.4, -0.2) is 10.6 Å². The minimum Gasteiger partial charge on any atom is -0.293 e. The van der Waals surface area contributed by atoms with Gasteiger partial charge in [-0.25, -0.2) is 0 Å². The molecule has 4 heteroatoms. The van der Waals surface area contributed by atoms with E-state index in [1.165, 1.54) is 11.3 Å². The van der Waals surface area contributed by atoms with Crippen molar-refractivity contribution in [3.05, 3.63) is 11.3 Å². The van der Waals surface area contributed by atoms with Crippen molar-refractivity contribution in [2.24, 2.45) is 10.8 Å². The maximum atomic E-state index is 12.3. The van der Waals surface area contributed by atoms with Gasteiger partial charge < -0.3 is 0 Å². The molecule has 0 N–H and O–H groups in total. The third-order valence-electron chi connectivity index (χ3n) is 3.32. The lowest BCUT2D eigenvalue weighted by Gasteiger charge is -2.37. The van der Waals surface area contributed by atoms with Crippen LogP contribution >= 0.6 is 17.3 Å². The smallest absolute Gasteiger partial charge is 0.230 e. The van der Waals surface area contributed by atoms with Crippen LogP contribution in [0.15, 0.2) is 11.3 Å². The second-order valence-corrected chi connectivity index (χ2v) is 8.52. The summed E-state index contributed by atoms with van der Waals surface area (Å²) in [6.45, 7) is 13.4. The van der Waals surface area contributed by atoms with Gasteiger partial charge in [0.25, 0.3) is 0 Å². The molecule has 0 saturated heterocycles. The van der Waals surface area contributed by atoms with E-state index in [1.54, 1.807) is 0 Å². The number of hydrogen-bond donors (Lipinski definition) is 0. The molecule has 104 valence electrons. The molecule has 0 saturated carbocycles. The summed E-state index contributed by atoms with van der Waals surface area (Å²) in [5, 5.41) is 0. The Kier molecular flexibility index (Phi) is 5.01.